The van der Waals surface area contributed by atoms with Crippen molar-refractivity contribution in [3.8, 4) is 0 Å². The molecule has 0 amide bonds. The summed E-state index contributed by atoms with van der Waals surface area (Å²) in [5.74, 6) is 0.687. The lowest BCUT2D eigenvalue weighted by molar-refractivity contribution is 0.00283. The zero-order valence-corrected chi connectivity index (χ0v) is 10.1. The fourth-order valence-electron chi connectivity index (χ4n) is 2.41. The molecule has 7 heteroatoms. The van der Waals surface area contributed by atoms with Gasteiger partial charge < -0.3 is 10.0 Å². The highest BCUT2D eigenvalue weighted by molar-refractivity contribution is 5.48. The lowest BCUT2D eigenvalue weighted by Crippen LogP contribution is -2.62. The molecule has 0 unspecified atom stereocenters. The van der Waals surface area contributed by atoms with Gasteiger partial charge in [0.2, 0.25) is 0 Å². The van der Waals surface area contributed by atoms with Crippen molar-refractivity contribution >= 4 is 11.5 Å². The molecule has 1 aliphatic heterocycles. The minimum Gasteiger partial charge on any atom is -0.386 e. The van der Waals surface area contributed by atoms with Crippen molar-refractivity contribution in [2.75, 3.05) is 18.0 Å². The molecule has 0 aliphatic carbocycles. The van der Waals surface area contributed by atoms with Crippen LogP contribution in [-0.4, -0.2) is 43.6 Å². The Labute approximate surface area is 103 Å². The Morgan fingerprint density at radius 2 is 2.28 bits per heavy atom. The Morgan fingerprint density at radius 1 is 1.50 bits per heavy atom. The van der Waals surface area contributed by atoms with Gasteiger partial charge in [0.25, 0.3) is 0 Å². The molecule has 2 N–H and O–H groups in total. The van der Waals surface area contributed by atoms with Crippen LogP contribution in [0.4, 0.5) is 5.82 Å². The van der Waals surface area contributed by atoms with Crippen LogP contribution in [0.5, 0.6) is 0 Å². The molecule has 0 radical (unpaired) electrons. The fraction of sp³-hybridized carbons (Fsp3) is 0.545. The van der Waals surface area contributed by atoms with Gasteiger partial charge in [-0.3, -0.25) is 0 Å². The predicted octanol–water partition coefficient (Wildman–Crippen LogP) is -0.231. The van der Waals surface area contributed by atoms with Crippen LogP contribution in [0.2, 0.25) is 0 Å². The number of anilines is 1. The molecule has 3 rings (SSSR count). The third-order valence-electron chi connectivity index (χ3n) is 3.27. The van der Waals surface area contributed by atoms with Gasteiger partial charge in [0.05, 0.1) is 18.7 Å². The molecule has 7 nitrogen and oxygen atoms in total. The van der Waals surface area contributed by atoms with Crippen molar-refractivity contribution in [1.29, 1.82) is 0 Å². The molecule has 18 heavy (non-hydrogen) atoms. The summed E-state index contributed by atoms with van der Waals surface area (Å²) >= 11 is 0. The number of hydrogen-bond donors (Lipinski definition) is 2. The first-order valence-electron chi connectivity index (χ1n) is 6.03. The molecule has 0 aromatic carbocycles. The summed E-state index contributed by atoms with van der Waals surface area (Å²) in [7, 11) is 0. The molecule has 2 aromatic rings. The molecule has 1 aliphatic rings. The van der Waals surface area contributed by atoms with Gasteiger partial charge in [-0.25, -0.2) is 9.89 Å². The van der Waals surface area contributed by atoms with E-state index < -0.39 is 5.60 Å². The zero-order chi connectivity index (χ0) is 12.8. The molecule has 96 valence electrons. The van der Waals surface area contributed by atoms with Gasteiger partial charge in [-0.15, -0.1) is 5.10 Å². The van der Waals surface area contributed by atoms with Crippen LogP contribution < -0.4 is 10.6 Å². The molecule has 3 heterocycles. The number of hydrogen-bond acceptors (Lipinski definition) is 5. The van der Waals surface area contributed by atoms with E-state index in [-0.39, 0.29) is 5.69 Å². The highest BCUT2D eigenvalue weighted by Crippen LogP contribution is 2.29. The largest absolute Gasteiger partial charge is 0.386 e. The van der Waals surface area contributed by atoms with E-state index in [1.54, 1.807) is 12.1 Å². The number of nitrogens with one attached hydrogen (secondary N) is 1. The van der Waals surface area contributed by atoms with E-state index in [0.717, 1.165) is 12.8 Å². The minimum atomic E-state index is -0.604. The fourth-order valence-corrected chi connectivity index (χ4v) is 2.41. The van der Waals surface area contributed by atoms with Crippen molar-refractivity contribution in [3.63, 3.8) is 0 Å². The third-order valence-corrected chi connectivity index (χ3v) is 3.27. The second-order valence-corrected chi connectivity index (χ2v) is 4.82. The molecule has 2 aromatic heterocycles. The van der Waals surface area contributed by atoms with Gasteiger partial charge in [-0.05, 0) is 18.6 Å². The number of aromatic nitrogens is 4. The quantitative estimate of drug-likeness (QED) is 0.784. The van der Waals surface area contributed by atoms with Crippen molar-refractivity contribution in [1.82, 2.24) is 19.8 Å². The molecule has 1 fully saturated rings. The van der Waals surface area contributed by atoms with Gasteiger partial charge in [-0.2, -0.15) is 9.61 Å². The molecular weight excluding hydrogens is 234 g/mol. The number of β-amino-alcohol motifs (C(OH)–C–C–N with tert-alkyl or cyclic N) is 1. The standard InChI is InChI=1S/C11H15N5O2/c1-2-5-11(18)6-15(7-11)9-4-3-8-12-13-10(17)16(8)14-9/h3-4,18H,2,5-7H2,1H3,(H,13,17). The van der Waals surface area contributed by atoms with Crippen molar-refractivity contribution in [2.45, 2.75) is 25.4 Å². The summed E-state index contributed by atoms with van der Waals surface area (Å²) in [6.07, 6.45) is 1.75. The Bertz CT molecular complexity index is 626. The summed E-state index contributed by atoms with van der Waals surface area (Å²) < 4.78 is 1.23. The summed E-state index contributed by atoms with van der Waals surface area (Å²) in [4.78, 5) is 13.4. The van der Waals surface area contributed by atoms with Crippen LogP contribution in [0.3, 0.4) is 0 Å². The Kier molecular flexibility index (Phi) is 2.37. The Morgan fingerprint density at radius 3 is 3.00 bits per heavy atom. The maximum Gasteiger partial charge on any atom is 0.364 e. The number of H-pyrrole nitrogens is 1. The minimum absolute atomic E-state index is 0.351. The molecule has 1 saturated heterocycles. The maximum atomic E-state index is 11.4. The Hall–Kier alpha value is -1.89. The number of aromatic amines is 1. The molecular formula is C11H15N5O2. The lowest BCUT2D eigenvalue weighted by Gasteiger charge is -2.47. The van der Waals surface area contributed by atoms with E-state index in [0.29, 0.717) is 24.6 Å². The van der Waals surface area contributed by atoms with E-state index in [9.17, 15) is 9.90 Å². The van der Waals surface area contributed by atoms with Gasteiger partial charge in [0.15, 0.2) is 5.65 Å². The maximum absolute atomic E-state index is 11.4. The summed E-state index contributed by atoms with van der Waals surface area (Å²) in [6.45, 7) is 3.17. The molecule has 0 saturated carbocycles. The first kappa shape index (κ1) is 11.2. The first-order valence-corrected chi connectivity index (χ1v) is 6.03. The van der Waals surface area contributed by atoms with E-state index in [2.05, 4.69) is 22.2 Å². The van der Waals surface area contributed by atoms with Gasteiger partial charge in [-0.1, -0.05) is 13.3 Å². The monoisotopic (exact) mass is 249 g/mol. The van der Waals surface area contributed by atoms with E-state index in [1.165, 1.54) is 4.52 Å². The van der Waals surface area contributed by atoms with Crippen LogP contribution in [-0.2, 0) is 0 Å². The Balaban J connectivity index is 1.84. The molecule has 0 atom stereocenters. The van der Waals surface area contributed by atoms with E-state index in [4.69, 9.17) is 0 Å². The average molecular weight is 249 g/mol. The molecule has 0 bridgehead atoms. The second-order valence-electron chi connectivity index (χ2n) is 4.82. The SMILES string of the molecule is CCCC1(O)CN(c2ccc3n[nH]c(=O)n3n2)C1. The first-order chi connectivity index (χ1) is 8.61. The summed E-state index contributed by atoms with van der Waals surface area (Å²) in [5.41, 5.74) is -0.462. The van der Waals surface area contributed by atoms with Gasteiger partial charge >= 0.3 is 5.69 Å². The second kappa shape index (κ2) is 3.81. The normalized spacial score (nSPS) is 18.0. The van der Waals surface area contributed by atoms with Crippen LogP contribution in [0.25, 0.3) is 5.65 Å². The van der Waals surface area contributed by atoms with E-state index in [1.807, 2.05) is 4.90 Å². The zero-order valence-electron chi connectivity index (χ0n) is 10.1. The van der Waals surface area contributed by atoms with Crippen molar-refractivity contribution in [2.24, 2.45) is 0 Å². The van der Waals surface area contributed by atoms with E-state index >= 15 is 0 Å². The highest BCUT2D eigenvalue weighted by atomic mass is 16.3. The third kappa shape index (κ3) is 1.67. The number of rotatable bonds is 3. The van der Waals surface area contributed by atoms with Crippen LogP contribution in [0, 0.1) is 0 Å². The molecule has 0 spiro atoms. The average Bonchev–Trinajstić information content (AvgIpc) is 2.68. The number of nitrogens with zero attached hydrogens (tertiary/aromatic N) is 4. The van der Waals surface area contributed by atoms with Crippen molar-refractivity contribution < 1.29 is 5.11 Å². The van der Waals surface area contributed by atoms with Crippen LogP contribution in [0.15, 0.2) is 16.9 Å². The summed E-state index contributed by atoms with van der Waals surface area (Å²) in [6, 6.07) is 3.54. The van der Waals surface area contributed by atoms with Crippen LogP contribution >= 0.6 is 0 Å². The van der Waals surface area contributed by atoms with Crippen LogP contribution in [0.1, 0.15) is 19.8 Å². The summed E-state index contributed by atoms with van der Waals surface area (Å²) in [5, 5.41) is 20.5. The van der Waals surface area contributed by atoms with Gasteiger partial charge in [0.1, 0.15) is 5.82 Å². The smallest absolute Gasteiger partial charge is 0.364 e. The van der Waals surface area contributed by atoms with Gasteiger partial charge in [0, 0.05) is 0 Å². The number of fused-ring (bicyclic) bond motifs is 1. The lowest BCUT2D eigenvalue weighted by atomic mass is 9.89. The topological polar surface area (TPSA) is 86.5 Å². The predicted molar refractivity (Wildman–Crippen MR) is 65.7 cm³/mol. The highest BCUT2D eigenvalue weighted by Gasteiger charge is 2.40. The van der Waals surface area contributed by atoms with Crippen molar-refractivity contribution in [3.05, 3.63) is 22.6 Å². The number of aliphatic hydroxyl groups is 1.